The van der Waals surface area contributed by atoms with Gasteiger partial charge in [-0.3, -0.25) is 19.9 Å². The second-order valence-electron chi connectivity index (χ2n) is 6.23. The molecule has 3 rings (SSSR count). The van der Waals surface area contributed by atoms with Gasteiger partial charge in [-0.1, -0.05) is 17.7 Å². The molecule has 0 aliphatic carbocycles. The molecule has 8 nitrogen and oxygen atoms in total. The highest BCUT2D eigenvalue weighted by Gasteiger charge is 2.37. The Morgan fingerprint density at radius 2 is 2.14 bits per heavy atom. The summed E-state index contributed by atoms with van der Waals surface area (Å²) in [5, 5.41) is 11.3. The molecule has 0 atom stereocenters. The molecule has 0 radical (unpaired) electrons. The number of hydrogen-bond donors (Lipinski definition) is 0. The van der Waals surface area contributed by atoms with Crippen molar-refractivity contribution >= 4 is 35.2 Å². The van der Waals surface area contributed by atoms with Crippen LogP contribution in [0.1, 0.15) is 18.1 Å². The van der Waals surface area contributed by atoms with Crippen LogP contribution in [0.25, 0.3) is 6.08 Å². The van der Waals surface area contributed by atoms with E-state index >= 15 is 0 Å². The fourth-order valence-corrected chi connectivity index (χ4v) is 3.18. The highest BCUT2D eigenvalue weighted by Crippen LogP contribution is 2.34. The number of allylic oxidation sites excluding steroid dienone is 1. The largest absolute Gasteiger partial charge is 0.465 e. The minimum atomic E-state index is -0.683. The molecule has 2 heterocycles. The Morgan fingerprint density at radius 3 is 2.76 bits per heavy atom. The Labute approximate surface area is 171 Å². The van der Waals surface area contributed by atoms with Gasteiger partial charge < -0.3 is 9.64 Å². The average Bonchev–Trinajstić information content (AvgIpc) is 2.94. The first kappa shape index (κ1) is 20.2. The summed E-state index contributed by atoms with van der Waals surface area (Å²) in [7, 11) is 1.22. The third kappa shape index (κ3) is 4.02. The molecule has 1 aromatic carbocycles. The Kier molecular flexibility index (Phi) is 5.74. The number of ether oxygens (including phenoxy) is 1. The lowest BCUT2D eigenvalue weighted by atomic mass is 10.0. The van der Waals surface area contributed by atoms with Crippen LogP contribution >= 0.6 is 11.6 Å². The number of amides is 1. The zero-order valence-electron chi connectivity index (χ0n) is 15.6. The minimum absolute atomic E-state index is 0.0561. The molecule has 29 heavy (non-hydrogen) atoms. The Bertz CT molecular complexity index is 1060. The number of nitro groups is 1. The normalized spacial score (nSPS) is 15.2. The van der Waals surface area contributed by atoms with Gasteiger partial charge in [0.05, 0.1) is 29.7 Å². The highest BCUT2D eigenvalue weighted by molar-refractivity contribution is 6.32. The number of nitro benzene ring substituents is 1. The molecule has 1 aliphatic heterocycles. The number of nitrogens with zero attached hydrogens (tertiary/aromatic N) is 3. The van der Waals surface area contributed by atoms with E-state index in [2.05, 4.69) is 4.98 Å². The third-order valence-corrected chi connectivity index (χ3v) is 4.80. The van der Waals surface area contributed by atoms with Crippen molar-refractivity contribution in [2.24, 2.45) is 0 Å². The van der Waals surface area contributed by atoms with Crippen molar-refractivity contribution < 1.29 is 19.2 Å². The zero-order chi connectivity index (χ0) is 21.1. The van der Waals surface area contributed by atoms with E-state index in [4.69, 9.17) is 16.3 Å². The molecule has 1 aliphatic rings. The first-order chi connectivity index (χ1) is 13.8. The van der Waals surface area contributed by atoms with Crippen molar-refractivity contribution in [3.8, 4) is 0 Å². The molecule has 0 bridgehead atoms. The number of rotatable bonds is 5. The monoisotopic (exact) mass is 413 g/mol. The van der Waals surface area contributed by atoms with E-state index in [9.17, 15) is 19.7 Å². The second kappa shape index (κ2) is 8.24. The quantitative estimate of drug-likeness (QED) is 0.321. The molecule has 0 saturated carbocycles. The Morgan fingerprint density at radius 1 is 1.38 bits per heavy atom. The Hall–Kier alpha value is -3.52. The van der Waals surface area contributed by atoms with E-state index in [1.807, 2.05) is 6.07 Å². The first-order valence-corrected chi connectivity index (χ1v) is 8.87. The van der Waals surface area contributed by atoms with Crippen LogP contribution < -0.4 is 0 Å². The number of halogens is 1. The number of benzene rings is 1. The fraction of sp³-hybridized carbons (Fsp3) is 0.150. The van der Waals surface area contributed by atoms with Crippen LogP contribution in [0.15, 0.2) is 59.6 Å². The van der Waals surface area contributed by atoms with Crippen molar-refractivity contribution in [3.05, 3.63) is 85.8 Å². The summed E-state index contributed by atoms with van der Waals surface area (Å²) in [5.41, 5.74) is 1.41. The maximum absolute atomic E-state index is 13.1. The van der Waals surface area contributed by atoms with E-state index in [0.717, 1.165) is 5.56 Å². The van der Waals surface area contributed by atoms with Crippen LogP contribution in [0, 0.1) is 10.1 Å². The SMILES string of the molecule is COC(=O)C1=C(C)N(Cc2cccnc2)C(=O)/C1=C\c1cc([N+](=O)[O-])ccc1Cl. The molecule has 2 aromatic rings. The van der Waals surface area contributed by atoms with Gasteiger partial charge in [0.1, 0.15) is 0 Å². The number of methoxy groups -OCH3 is 1. The van der Waals surface area contributed by atoms with Crippen molar-refractivity contribution in [2.45, 2.75) is 13.5 Å². The lowest BCUT2D eigenvalue weighted by Crippen LogP contribution is -2.24. The summed E-state index contributed by atoms with van der Waals surface area (Å²) in [4.78, 5) is 41.4. The molecule has 0 unspecified atom stereocenters. The number of aromatic nitrogens is 1. The third-order valence-electron chi connectivity index (χ3n) is 4.45. The smallest absolute Gasteiger partial charge is 0.340 e. The number of non-ortho nitro benzene ring substituents is 1. The van der Waals surface area contributed by atoms with E-state index in [0.29, 0.717) is 5.70 Å². The number of esters is 1. The summed E-state index contributed by atoms with van der Waals surface area (Å²) in [6.45, 7) is 1.84. The van der Waals surface area contributed by atoms with Crippen molar-refractivity contribution in [1.29, 1.82) is 0 Å². The topological polar surface area (TPSA) is 103 Å². The molecule has 0 spiro atoms. The van der Waals surface area contributed by atoms with E-state index < -0.39 is 16.8 Å². The van der Waals surface area contributed by atoms with Crippen molar-refractivity contribution in [3.63, 3.8) is 0 Å². The van der Waals surface area contributed by atoms with Gasteiger partial charge in [-0.05, 0) is 30.7 Å². The van der Waals surface area contributed by atoms with Crippen molar-refractivity contribution in [1.82, 2.24) is 9.88 Å². The molecule has 0 N–H and O–H groups in total. The summed E-state index contributed by atoms with van der Waals surface area (Å²) >= 11 is 6.16. The maximum atomic E-state index is 13.1. The van der Waals surface area contributed by atoms with Gasteiger partial charge >= 0.3 is 5.97 Å². The van der Waals surface area contributed by atoms with E-state index in [1.54, 1.807) is 25.4 Å². The molecule has 1 amide bonds. The van der Waals surface area contributed by atoms with Gasteiger partial charge in [-0.25, -0.2) is 4.79 Å². The molecule has 0 fully saturated rings. The summed E-state index contributed by atoms with van der Waals surface area (Å²) in [6.07, 6.45) is 4.61. The number of hydrogen-bond acceptors (Lipinski definition) is 6. The van der Waals surface area contributed by atoms with Crippen LogP contribution in [-0.4, -0.2) is 33.8 Å². The molecule has 1 aromatic heterocycles. The zero-order valence-corrected chi connectivity index (χ0v) is 16.3. The molecular weight excluding hydrogens is 398 g/mol. The fourth-order valence-electron chi connectivity index (χ4n) is 3.00. The molecule has 9 heteroatoms. The minimum Gasteiger partial charge on any atom is -0.465 e. The maximum Gasteiger partial charge on any atom is 0.340 e. The first-order valence-electron chi connectivity index (χ1n) is 8.49. The molecular formula is C20H16ClN3O5. The van der Waals surface area contributed by atoms with Crippen LogP contribution in [0.5, 0.6) is 0 Å². The van der Waals surface area contributed by atoms with E-state index in [-0.39, 0.29) is 34.0 Å². The summed E-state index contributed by atoms with van der Waals surface area (Å²) in [5.74, 6) is -1.12. The predicted molar refractivity (Wildman–Crippen MR) is 106 cm³/mol. The van der Waals surface area contributed by atoms with Gasteiger partial charge in [0.25, 0.3) is 11.6 Å². The number of carbonyl (C=O) groups excluding carboxylic acids is 2. The van der Waals surface area contributed by atoms with Crippen LogP contribution in [-0.2, 0) is 20.9 Å². The Balaban J connectivity index is 2.09. The highest BCUT2D eigenvalue weighted by atomic mass is 35.5. The predicted octanol–water partition coefficient (Wildman–Crippen LogP) is 3.52. The van der Waals surface area contributed by atoms with Gasteiger partial charge in [-0.2, -0.15) is 0 Å². The summed E-state index contributed by atoms with van der Waals surface area (Å²) in [6, 6.07) is 7.43. The summed E-state index contributed by atoms with van der Waals surface area (Å²) < 4.78 is 4.84. The molecule has 0 saturated heterocycles. The number of pyridine rings is 1. The average molecular weight is 414 g/mol. The standard InChI is InChI=1S/C20H16ClN3O5/c1-12-18(20(26)29-2)16(9-14-8-15(24(27)28)5-6-17(14)21)19(25)23(12)11-13-4-3-7-22-10-13/h3-10H,11H2,1-2H3/b16-9-. The van der Waals surface area contributed by atoms with Crippen LogP contribution in [0.3, 0.4) is 0 Å². The second-order valence-corrected chi connectivity index (χ2v) is 6.63. The number of carbonyl (C=O) groups is 2. The van der Waals surface area contributed by atoms with E-state index in [1.165, 1.54) is 36.3 Å². The van der Waals surface area contributed by atoms with Gasteiger partial charge in [0.15, 0.2) is 0 Å². The van der Waals surface area contributed by atoms with Crippen molar-refractivity contribution in [2.75, 3.05) is 7.11 Å². The lowest BCUT2D eigenvalue weighted by molar-refractivity contribution is -0.384. The van der Waals surface area contributed by atoms with Crippen LogP contribution in [0.4, 0.5) is 5.69 Å². The van der Waals surface area contributed by atoms with Gasteiger partial charge in [0, 0.05) is 40.8 Å². The molecule has 148 valence electrons. The van der Waals surface area contributed by atoms with Gasteiger partial charge in [-0.15, -0.1) is 0 Å². The van der Waals surface area contributed by atoms with Gasteiger partial charge in [0.2, 0.25) is 0 Å². The lowest BCUT2D eigenvalue weighted by Gasteiger charge is -2.17. The van der Waals surface area contributed by atoms with Crippen LogP contribution in [0.2, 0.25) is 5.02 Å².